The van der Waals surface area contributed by atoms with E-state index >= 15 is 0 Å². The first kappa shape index (κ1) is 17.6. The van der Waals surface area contributed by atoms with E-state index in [9.17, 15) is 18.0 Å². The van der Waals surface area contributed by atoms with Crippen LogP contribution < -0.4 is 5.32 Å². The average molecular weight is 391 g/mol. The molecule has 8 heteroatoms. The number of benzene rings is 1. The minimum atomic E-state index is -4.32. The Kier molecular flexibility index (Phi) is 5.84. The molecule has 2 rings (SSSR count). The van der Waals surface area contributed by atoms with E-state index in [4.69, 9.17) is 0 Å². The smallest absolute Gasteiger partial charge is 0.367 e. The maximum absolute atomic E-state index is 12.0. The Labute approximate surface area is 139 Å². The molecule has 2 N–H and O–H groups in total. The minimum absolute atomic E-state index is 0.108. The number of H-pyrrole nitrogens is 1. The zero-order chi connectivity index (χ0) is 16.9. The summed E-state index contributed by atoms with van der Waals surface area (Å²) in [6, 6.07) is 8.47. The van der Waals surface area contributed by atoms with Gasteiger partial charge in [0.05, 0.1) is 6.61 Å². The van der Waals surface area contributed by atoms with Crippen molar-refractivity contribution >= 4 is 21.8 Å². The highest BCUT2D eigenvalue weighted by Gasteiger charge is 2.27. The molecule has 0 aliphatic rings. The number of aromatic nitrogens is 1. The fraction of sp³-hybridized carbons (Fsp3) is 0.267. The molecule has 0 fully saturated rings. The molecule has 0 saturated heterocycles. The largest absolute Gasteiger partial charge is 0.411 e. The van der Waals surface area contributed by atoms with Crippen molar-refractivity contribution < 1.29 is 22.7 Å². The second-order valence-corrected chi connectivity index (χ2v) is 5.75. The first-order valence-electron chi connectivity index (χ1n) is 6.68. The Bertz CT molecular complexity index is 653. The summed E-state index contributed by atoms with van der Waals surface area (Å²) in [4.78, 5) is 14.7. The number of alkyl halides is 3. The molecule has 1 heterocycles. The summed E-state index contributed by atoms with van der Waals surface area (Å²) < 4.78 is 41.3. The second kappa shape index (κ2) is 7.65. The van der Waals surface area contributed by atoms with Crippen molar-refractivity contribution in [1.82, 2.24) is 10.3 Å². The van der Waals surface area contributed by atoms with Gasteiger partial charge >= 0.3 is 6.18 Å². The summed E-state index contributed by atoms with van der Waals surface area (Å²) in [6.07, 6.45) is -2.66. The van der Waals surface area contributed by atoms with E-state index in [-0.39, 0.29) is 12.5 Å². The molecular weight excluding hydrogens is 377 g/mol. The Balaban J connectivity index is 1.79. The lowest BCUT2D eigenvalue weighted by Gasteiger charge is -2.08. The monoisotopic (exact) mass is 390 g/mol. The minimum Gasteiger partial charge on any atom is -0.367 e. The van der Waals surface area contributed by atoms with Crippen LogP contribution in [0.3, 0.4) is 0 Å². The van der Waals surface area contributed by atoms with Gasteiger partial charge in [0.2, 0.25) is 0 Å². The number of carbonyl (C=O) groups is 1. The Morgan fingerprint density at radius 3 is 2.43 bits per heavy atom. The number of rotatable bonds is 6. The Hall–Kier alpha value is -1.80. The van der Waals surface area contributed by atoms with Gasteiger partial charge in [-0.05, 0) is 33.1 Å². The molecule has 0 spiro atoms. The van der Waals surface area contributed by atoms with E-state index in [2.05, 4.69) is 31.0 Å². The highest BCUT2D eigenvalue weighted by atomic mass is 79.9. The Morgan fingerprint density at radius 1 is 1.22 bits per heavy atom. The molecule has 0 bridgehead atoms. The van der Waals surface area contributed by atoms with Gasteiger partial charge in [-0.15, -0.1) is 0 Å². The van der Waals surface area contributed by atoms with E-state index in [0.717, 1.165) is 10.0 Å². The van der Waals surface area contributed by atoms with E-state index in [1.165, 1.54) is 0 Å². The number of carbonyl (C=O) groups excluding carboxylic acids is 1. The maximum atomic E-state index is 12.0. The second-order valence-electron chi connectivity index (χ2n) is 4.84. The van der Waals surface area contributed by atoms with Crippen LogP contribution in [0.4, 0.5) is 13.2 Å². The van der Waals surface area contributed by atoms with Gasteiger partial charge in [0.1, 0.15) is 12.3 Å². The van der Waals surface area contributed by atoms with Crippen molar-refractivity contribution in [3.05, 3.63) is 57.8 Å². The van der Waals surface area contributed by atoms with Gasteiger partial charge in [0.15, 0.2) is 0 Å². The van der Waals surface area contributed by atoms with Crippen molar-refractivity contribution in [1.29, 1.82) is 0 Å². The summed E-state index contributed by atoms with van der Waals surface area (Å²) >= 11 is 3.24. The lowest BCUT2D eigenvalue weighted by atomic mass is 10.1. The normalized spacial score (nSPS) is 11.5. The van der Waals surface area contributed by atoms with Crippen molar-refractivity contribution in [3.8, 4) is 0 Å². The summed E-state index contributed by atoms with van der Waals surface area (Å²) in [5.74, 6) is -0.242. The fourth-order valence-corrected chi connectivity index (χ4v) is 2.16. The van der Waals surface area contributed by atoms with E-state index in [1.54, 1.807) is 36.5 Å². The van der Waals surface area contributed by atoms with Crippen molar-refractivity contribution in [3.63, 3.8) is 0 Å². The number of nitrogens with one attached hydrogen (secondary N) is 2. The van der Waals surface area contributed by atoms with Crippen LogP contribution in [-0.4, -0.2) is 23.7 Å². The summed E-state index contributed by atoms with van der Waals surface area (Å²) in [6.45, 7) is -1.06. The molecule has 4 nitrogen and oxygen atoms in total. The molecule has 23 heavy (non-hydrogen) atoms. The van der Waals surface area contributed by atoms with Gasteiger partial charge in [-0.1, -0.05) is 24.3 Å². The number of amides is 1. The van der Waals surface area contributed by atoms with Gasteiger partial charge in [-0.3, -0.25) is 4.79 Å². The van der Waals surface area contributed by atoms with Gasteiger partial charge in [-0.25, -0.2) is 0 Å². The highest BCUT2D eigenvalue weighted by molar-refractivity contribution is 9.10. The van der Waals surface area contributed by atoms with E-state index in [0.29, 0.717) is 17.8 Å². The van der Waals surface area contributed by atoms with E-state index in [1.807, 2.05) is 0 Å². The Morgan fingerprint density at radius 2 is 1.87 bits per heavy atom. The van der Waals surface area contributed by atoms with Gasteiger partial charge < -0.3 is 15.0 Å². The molecule has 2 aromatic rings. The van der Waals surface area contributed by atoms with Crippen LogP contribution >= 0.6 is 15.9 Å². The predicted molar refractivity (Wildman–Crippen MR) is 81.8 cm³/mol. The van der Waals surface area contributed by atoms with Crippen LogP contribution in [0.15, 0.2) is 41.0 Å². The highest BCUT2D eigenvalue weighted by Crippen LogP contribution is 2.16. The number of ether oxygens (including phenoxy) is 1. The lowest BCUT2D eigenvalue weighted by molar-refractivity contribution is -0.176. The van der Waals surface area contributed by atoms with E-state index < -0.39 is 12.8 Å². The third-order valence-electron chi connectivity index (χ3n) is 2.90. The zero-order valence-electron chi connectivity index (χ0n) is 11.9. The average Bonchev–Trinajstić information content (AvgIpc) is 2.91. The van der Waals surface area contributed by atoms with Crippen LogP contribution in [-0.2, 0) is 17.9 Å². The lowest BCUT2D eigenvalue weighted by Crippen LogP contribution is -2.23. The summed E-state index contributed by atoms with van der Waals surface area (Å²) in [5, 5.41) is 2.74. The first-order chi connectivity index (χ1) is 10.8. The molecule has 1 aromatic carbocycles. The SMILES string of the molecule is O=C(NCc1ccc(COCC(F)(F)F)cc1)c1cc(Br)c[nH]1. The van der Waals surface area contributed by atoms with Crippen LogP contribution in [0.5, 0.6) is 0 Å². The van der Waals surface area contributed by atoms with Crippen LogP contribution in [0, 0.1) is 0 Å². The molecule has 0 radical (unpaired) electrons. The maximum Gasteiger partial charge on any atom is 0.411 e. The van der Waals surface area contributed by atoms with Crippen LogP contribution in [0.25, 0.3) is 0 Å². The molecule has 0 atom stereocenters. The van der Waals surface area contributed by atoms with Gasteiger partial charge in [0.25, 0.3) is 5.91 Å². The first-order valence-corrected chi connectivity index (χ1v) is 7.47. The van der Waals surface area contributed by atoms with Gasteiger partial charge in [-0.2, -0.15) is 13.2 Å². The molecular formula is C15H14BrF3N2O2. The van der Waals surface area contributed by atoms with Crippen molar-refractivity contribution in [2.75, 3.05) is 6.61 Å². The molecule has 0 unspecified atom stereocenters. The topological polar surface area (TPSA) is 54.1 Å². The third kappa shape index (κ3) is 6.07. The standard InChI is InChI=1S/C15H14BrF3N2O2/c16-12-5-13(20-7-12)14(22)21-6-10-1-3-11(4-2-10)8-23-9-15(17,18)19/h1-5,7,20H,6,8-9H2,(H,21,22). The van der Waals surface area contributed by atoms with Gasteiger partial charge in [0, 0.05) is 17.2 Å². The fourth-order valence-electron chi connectivity index (χ4n) is 1.81. The summed E-state index contributed by atoms with van der Waals surface area (Å²) in [5.41, 5.74) is 1.91. The van der Waals surface area contributed by atoms with Crippen molar-refractivity contribution in [2.45, 2.75) is 19.3 Å². The molecule has 1 aromatic heterocycles. The predicted octanol–water partition coefficient (Wildman–Crippen LogP) is 3.79. The molecule has 0 aliphatic heterocycles. The quantitative estimate of drug-likeness (QED) is 0.788. The molecule has 0 saturated carbocycles. The number of hydrogen-bond donors (Lipinski definition) is 2. The molecule has 124 valence electrons. The van der Waals surface area contributed by atoms with Crippen molar-refractivity contribution in [2.24, 2.45) is 0 Å². The number of hydrogen-bond acceptors (Lipinski definition) is 2. The molecule has 1 amide bonds. The summed E-state index contributed by atoms with van der Waals surface area (Å²) in [7, 11) is 0. The van der Waals surface area contributed by atoms with Crippen LogP contribution in [0.1, 0.15) is 21.6 Å². The number of halogens is 4. The third-order valence-corrected chi connectivity index (χ3v) is 3.36. The molecule has 0 aliphatic carbocycles. The number of aromatic amines is 1. The van der Waals surface area contributed by atoms with Crippen LogP contribution in [0.2, 0.25) is 0 Å². The zero-order valence-corrected chi connectivity index (χ0v) is 13.5.